The van der Waals surface area contributed by atoms with Crippen LogP contribution >= 0.6 is 0 Å². The molecule has 2 aromatic carbocycles. The number of ether oxygens (including phenoxy) is 1. The molecule has 3 rings (SSSR count). The Morgan fingerprint density at radius 3 is 2.52 bits per heavy atom. The standard InChI is InChI=1S/C21H24N2O4/c1-14-9-10-18(15(2)11-14)27-13-17(24)12-23-19(25)21(3,22-20(23)26)16-7-5-4-6-8-16/h4-11,17,24H,12-13H2,1-3H3,(H,22,26). The maximum absolute atomic E-state index is 12.8. The van der Waals surface area contributed by atoms with E-state index in [1.165, 1.54) is 0 Å². The fourth-order valence-electron chi connectivity index (χ4n) is 3.24. The molecule has 0 spiro atoms. The molecule has 142 valence electrons. The Morgan fingerprint density at radius 1 is 1.15 bits per heavy atom. The number of aliphatic hydroxyl groups excluding tert-OH is 1. The fourth-order valence-corrected chi connectivity index (χ4v) is 3.24. The van der Waals surface area contributed by atoms with Gasteiger partial charge in [-0.15, -0.1) is 0 Å². The van der Waals surface area contributed by atoms with Gasteiger partial charge in [0.1, 0.15) is 24.0 Å². The van der Waals surface area contributed by atoms with Crippen molar-refractivity contribution in [3.8, 4) is 5.75 Å². The highest BCUT2D eigenvalue weighted by atomic mass is 16.5. The zero-order chi connectivity index (χ0) is 19.6. The zero-order valence-corrected chi connectivity index (χ0v) is 15.7. The third-order valence-electron chi connectivity index (χ3n) is 4.78. The monoisotopic (exact) mass is 368 g/mol. The molecule has 2 unspecified atom stereocenters. The Morgan fingerprint density at radius 2 is 1.85 bits per heavy atom. The summed E-state index contributed by atoms with van der Waals surface area (Å²) < 4.78 is 5.65. The Bertz CT molecular complexity index is 853. The van der Waals surface area contributed by atoms with Gasteiger partial charge in [0.2, 0.25) is 0 Å². The van der Waals surface area contributed by atoms with Gasteiger partial charge in [-0.3, -0.25) is 9.69 Å². The SMILES string of the molecule is Cc1ccc(OCC(O)CN2C(=O)NC(C)(c3ccccc3)C2=O)c(C)c1. The molecule has 1 saturated heterocycles. The quantitative estimate of drug-likeness (QED) is 0.768. The van der Waals surface area contributed by atoms with Gasteiger partial charge in [-0.05, 0) is 38.0 Å². The van der Waals surface area contributed by atoms with E-state index >= 15 is 0 Å². The predicted molar refractivity (Wildman–Crippen MR) is 101 cm³/mol. The second-order valence-electron chi connectivity index (χ2n) is 7.07. The molecule has 2 aromatic rings. The molecule has 0 bridgehead atoms. The van der Waals surface area contributed by atoms with Crippen molar-refractivity contribution >= 4 is 11.9 Å². The lowest BCUT2D eigenvalue weighted by Crippen LogP contribution is -2.42. The first-order chi connectivity index (χ1) is 12.8. The van der Waals surface area contributed by atoms with Crippen molar-refractivity contribution < 1.29 is 19.4 Å². The van der Waals surface area contributed by atoms with Crippen LogP contribution in [0, 0.1) is 13.8 Å². The molecule has 2 N–H and O–H groups in total. The van der Waals surface area contributed by atoms with Gasteiger partial charge < -0.3 is 15.2 Å². The molecule has 1 aliphatic heterocycles. The average Bonchev–Trinajstić information content (AvgIpc) is 2.86. The normalized spacial score (nSPS) is 20.5. The number of benzene rings is 2. The highest BCUT2D eigenvalue weighted by Gasteiger charge is 2.49. The van der Waals surface area contributed by atoms with Crippen LogP contribution in [0.4, 0.5) is 4.79 Å². The zero-order valence-electron chi connectivity index (χ0n) is 15.7. The predicted octanol–water partition coefficient (Wildman–Crippen LogP) is 2.51. The number of hydrogen-bond donors (Lipinski definition) is 2. The highest BCUT2D eigenvalue weighted by Crippen LogP contribution is 2.28. The number of imide groups is 1. The maximum Gasteiger partial charge on any atom is 0.325 e. The summed E-state index contributed by atoms with van der Waals surface area (Å²) in [6.45, 7) is 5.45. The average molecular weight is 368 g/mol. The Hall–Kier alpha value is -2.86. The molecule has 27 heavy (non-hydrogen) atoms. The van der Waals surface area contributed by atoms with E-state index in [9.17, 15) is 14.7 Å². The van der Waals surface area contributed by atoms with Crippen LogP contribution in [0.1, 0.15) is 23.6 Å². The molecule has 1 aliphatic rings. The van der Waals surface area contributed by atoms with Gasteiger partial charge in [-0.1, -0.05) is 48.0 Å². The molecule has 6 heteroatoms. The van der Waals surface area contributed by atoms with E-state index in [1.807, 2.05) is 50.2 Å². The number of β-amino-alcohol motifs (C(OH)–C–C–N with tert-alkyl or cyclic N) is 1. The second kappa shape index (κ2) is 7.40. The van der Waals surface area contributed by atoms with Crippen LogP contribution in [-0.4, -0.2) is 41.2 Å². The topological polar surface area (TPSA) is 78.9 Å². The van der Waals surface area contributed by atoms with Crippen molar-refractivity contribution in [3.05, 3.63) is 65.2 Å². The van der Waals surface area contributed by atoms with Crippen molar-refractivity contribution in [2.45, 2.75) is 32.4 Å². The van der Waals surface area contributed by atoms with E-state index < -0.39 is 17.7 Å². The smallest absolute Gasteiger partial charge is 0.325 e. The van der Waals surface area contributed by atoms with Gasteiger partial charge in [-0.25, -0.2) is 4.79 Å². The first-order valence-corrected chi connectivity index (χ1v) is 8.89. The number of aryl methyl sites for hydroxylation is 2. The first kappa shape index (κ1) is 18.9. The molecule has 0 aliphatic carbocycles. The number of carbonyl (C=O) groups excluding carboxylic acids is 2. The lowest BCUT2D eigenvalue weighted by molar-refractivity contribution is -0.132. The maximum atomic E-state index is 12.8. The second-order valence-corrected chi connectivity index (χ2v) is 7.07. The number of aliphatic hydroxyl groups is 1. The molecule has 1 heterocycles. The molecular formula is C21H24N2O4. The summed E-state index contributed by atoms with van der Waals surface area (Å²) in [6, 6.07) is 14.3. The van der Waals surface area contributed by atoms with Crippen molar-refractivity contribution in [2.75, 3.05) is 13.2 Å². The molecule has 0 aromatic heterocycles. The summed E-state index contributed by atoms with van der Waals surface area (Å²) in [7, 11) is 0. The third kappa shape index (κ3) is 3.80. The molecular weight excluding hydrogens is 344 g/mol. The number of rotatable bonds is 6. The van der Waals surface area contributed by atoms with Crippen LogP contribution in [0.15, 0.2) is 48.5 Å². The van der Waals surface area contributed by atoms with Crippen molar-refractivity contribution in [1.82, 2.24) is 10.2 Å². The number of urea groups is 1. The van der Waals surface area contributed by atoms with Gasteiger partial charge in [0.05, 0.1) is 6.54 Å². The summed E-state index contributed by atoms with van der Waals surface area (Å²) in [5, 5.41) is 13.0. The summed E-state index contributed by atoms with van der Waals surface area (Å²) in [5.41, 5.74) is 1.66. The van der Waals surface area contributed by atoms with E-state index in [4.69, 9.17) is 4.74 Å². The third-order valence-corrected chi connectivity index (χ3v) is 4.78. The lowest BCUT2D eigenvalue weighted by atomic mass is 9.92. The number of hydrogen-bond acceptors (Lipinski definition) is 4. The van der Waals surface area contributed by atoms with Gasteiger partial charge in [0.15, 0.2) is 0 Å². The minimum Gasteiger partial charge on any atom is -0.491 e. The van der Waals surface area contributed by atoms with Crippen molar-refractivity contribution in [3.63, 3.8) is 0 Å². The summed E-state index contributed by atoms with van der Waals surface area (Å²) >= 11 is 0. The van der Waals surface area contributed by atoms with Gasteiger partial charge in [-0.2, -0.15) is 0 Å². The first-order valence-electron chi connectivity index (χ1n) is 8.89. The number of amides is 3. The molecule has 2 atom stereocenters. The largest absolute Gasteiger partial charge is 0.491 e. The van der Waals surface area contributed by atoms with E-state index in [2.05, 4.69) is 5.32 Å². The minimum atomic E-state index is -1.13. The van der Waals surface area contributed by atoms with Crippen LogP contribution < -0.4 is 10.1 Å². The van der Waals surface area contributed by atoms with Gasteiger partial charge in [0.25, 0.3) is 5.91 Å². The fraction of sp³-hybridized carbons (Fsp3) is 0.333. The van der Waals surface area contributed by atoms with E-state index in [0.717, 1.165) is 16.0 Å². The van der Waals surface area contributed by atoms with Crippen molar-refractivity contribution in [1.29, 1.82) is 0 Å². The Labute approximate surface area is 158 Å². The lowest BCUT2D eigenvalue weighted by Gasteiger charge is -2.23. The minimum absolute atomic E-state index is 0.0109. The van der Waals surface area contributed by atoms with E-state index in [0.29, 0.717) is 11.3 Å². The molecule has 6 nitrogen and oxygen atoms in total. The highest BCUT2D eigenvalue weighted by molar-refractivity contribution is 6.07. The summed E-state index contributed by atoms with van der Waals surface area (Å²) in [6.07, 6.45) is -0.987. The van der Waals surface area contributed by atoms with E-state index in [-0.39, 0.29) is 19.1 Å². The van der Waals surface area contributed by atoms with Crippen LogP contribution in [0.2, 0.25) is 0 Å². The Kier molecular flexibility index (Phi) is 5.19. The van der Waals surface area contributed by atoms with Crippen LogP contribution in [0.25, 0.3) is 0 Å². The van der Waals surface area contributed by atoms with Crippen LogP contribution in [0.3, 0.4) is 0 Å². The summed E-state index contributed by atoms with van der Waals surface area (Å²) in [4.78, 5) is 26.2. The van der Waals surface area contributed by atoms with Crippen LogP contribution in [0.5, 0.6) is 5.75 Å². The van der Waals surface area contributed by atoms with E-state index in [1.54, 1.807) is 19.1 Å². The number of nitrogens with one attached hydrogen (secondary N) is 1. The van der Waals surface area contributed by atoms with Gasteiger partial charge >= 0.3 is 6.03 Å². The van der Waals surface area contributed by atoms with Crippen LogP contribution in [-0.2, 0) is 10.3 Å². The molecule has 0 radical (unpaired) electrons. The number of nitrogens with zero attached hydrogens (tertiary/aromatic N) is 1. The Balaban J connectivity index is 1.65. The number of carbonyl (C=O) groups is 2. The molecule has 0 saturated carbocycles. The molecule has 1 fully saturated rings. The van der Waals surface area contributed by atoms with Crippen molar-refractivity contribution in [2.24, 2.45) is 0 Å². The molecule has 3 amide bonds. The van der Waals surface area contributed by atoms with Gasteiger partial charge in [0, 0.05) is 0 Å². The summed E-state index contributed by atoms with van der Waals surface area (Å²) in [5.74, 6) is 0.287.